The van der Waals surface area contributed by atoms with E-state index in [9.17, 15) is 0 Å². The highest BCUT2D eigenvalue weighted by atomic mass is 32.2. The first-order valence-corrected chi connectivity index (χ1v) is 9.16. The van der Waals surface area contributed by atoms with E-state index in [1.807, 2.05) is 34.8 Å². The Bertz CT molecular complexity index is 637. The minimum atomic E-state index is 0.733. The van der Waals surface area contributed by atoms with Gasteiger partial charge < -0.3 is 10.6 Å². The lowest BCUT2D eigenvalue weighted by atomic mass is 10.1. The number of thioether (sulfide) groups is 1. The number of guanidine groups is 1. The molecular weight excluding hydrogens is 318 g/mol. The Kier molecular flexibility index (Phi) is 7.97. The smallest absolute Gasteiger partial charge is 0.191 e. The molecule has 0 aliphatic carbocycles. The zero-order valence-corrected chi connectivity index (χ0v) is 14.9. The quantitative estimate of drug-likeness (QED) is 0.318. The van der Waals surface area contributed by atoms with E-state index in [1.54, 1.807) is 13.2 Å². The molecule has 0 aliphatic rings. The summed E-state index contributed by atoms with van der Waals surface area (Å²) in [5, 5.41) is 11.0. The molecule has 0 saturated carbocycles. The van der Waals surface area contributed by atoms with E-state index in [2.05, 4.69) is 51.6 Å². The fourth-order valence-electron chi connectivity index (χ4n) is 2.26. The van der Waals surface area contributed by atoms with Crippen LogP contribution in [0.15, 0.2) is 60.4 Å². The molecule has 0 unspecified atom stereocenters. The van der Waals surface area contributed by atoms with E-state index < -0.39 is 0 Å². The summed E-state index contributed by atoms with van der Waals surface area (Å²) in [6.07, 6.45) is 5.71. The minimum Gasteiger partial charge on any atom is -0.356 e. The van der Waals surface area contributed by atoms with Gasteiger partial charge in [0.05, 0.1) is 6.54 Å². The normalized spacial score (nSPS) is 11.3. The summed E-state index contributed by atoms with van der Waals surface area (Å²) >= 11 is 1.85. The molecule has 1 aromatic carbocycles. The molecule has 0 saturated heterocycles. The number of nitrogens with zero attached hydrogens (tertiary/aromatic N) is 3. The van der Waals surface area contributed by atoms with Crippen molar-refractivity contribution in [3.63, 3.8) is 0 Å². The molecule has 5 nitrogen and oxygen atoms in total. The summed E-state index contributed by atoms with van der Waals surface area (Å²) < 4.78 is 1.93. The highest BCUT2D eigenvalue weighted by Gasteiger charge is 2.04. The van der Waals surface area contributed by atoms with Crippen LogP contribution in [-0.2, 0) is 13.1 Å². The van der Waals surface area contributed by atoms with Crippen LogP contribution in [0.1, 0.15) is 11.1 Å². The molecule has 6 heteroatoms. The van der Waals surface area contributed by atoms with Crippen molar-refractivity contribution in [2.24, 2.45) is 4.99 Å². The fourth-order valence-corrected chi connectivity index (χ4v) is 2.84. The molecule has 0 bridgehead atoms. The lowest BCUT2D eigenvalue weighted by molar-refractivity contribution is 0.678. The molecule has 2 N–H and O–H groups in total. The largest absolute Gasteiger partial charge is 0.356 e. The first-order chi connectivity index (χ1) is 11.8. The molecule has 0 atom stereocenters. The van der Waals surface area contributed by atoms with Crippen LogP contribution in [0.3, 0.4) is 0 Å². The Balaban J connectivity index is 1.85. The van der Waals surface area contributed by atoms with Crippen LogP contribution in [0.2, 0.25) is 0 Å². The first kappa shape index (κ1) is 18.1. The van der Waals surface area contributed by atoms with Gasteiger partial charge in [0.2, 0.25) is 0 Å². The van der Waals surface area contributed by atoms with Crippen molar-refractivity contribution in [2.75, 3.05) is 25.1 Å². The molecular formula is C18H25N5S. The zero-order chi connectivity index (χ0) is 17.0. The van der Waals surface area contributed by atoms with Gasteiger partial charge in [0.25, 0.3) is 0 Å². The van der Waals surface area contributed by atoms with Gasteiger partial charge in [-0.3, -0.25) is 9.67 Å². The van der Waals surface area contributed by atoms with Crippen LogP contribution < -0.4 is 10.6 Å². The van der Waals surface area contributed by atoms with Gasteiger partial charge in [-0.2, -0.15) is 16.9 Å². The second-order valence-corrected chi connectivity index (χ2v) is 6.34. The second-order valence-electron chi connectivity index (χ2n) is 5.19. The van der Waals surface area contributed by atoms with Gasteiger partial charge in [0, 0.05) is 44.0 Å². The molecule has 2 rings (SSSR count). The zero-order valence-electron chi connectivity index (χ0n) is 14.1. The van der Waals surface area contributed by atoms with Gasteiger partial charge >= 0.3 is 0 Å². The highest BCUT2D eigenvalue weighted by molar-refractivity contribution is 7.99. The summed E-state index contributed by atoms with van der Waals surface area (Å²) in [5.74, 6) is 2.83. The van der Waals surface area contributed by atoms with Crippen LogP contribution in [0.4, 0.5) is 0 Å². The van der Waals surface area contributed by atoms with Crippen molar-refractivity contribution >= 4 is 17.7 Å². The Labute approximate surface area is 148 Å². The van der Waals surface area contributed by atoms with Crippen molar-refractivity contribution in [3.8, 4) is 0 Å². The highest BCUT2D eigenvalue weighted by Crippen LogP contribution is 2.10. The molecule has 1 heterocycles. The number of nitrogens with one attached hydrogen (secondary N) is 2. The van der Waals surface area contributed by atoms with Gasteiger partial charge in [0.15, 0.2) is 5.96 Å². The summed E-state index contributed by atoms with van der Waals surface area (Å²) in [4.78, 5) is 4.27. The van der Waals surface area contributed by atoms with Gasteiger partial charge in [-0.1, -0.05) is 30.3 Å². The summed E-state index contributed by atoms with van der Waals surface area (Å²) in [6.45, 7) is 6.11. The van der Waals surface area contributed by atoms with Crippen LogP contribution >= 0.6 is 11.8 Å². The maximum Gasteiger partial charge on any atom is 0.191 e. The summed E-state index contributed by atoms with van der Waals surface area (Å²) in [6, 6.07) is 10.3. The maximum atomic E-state index is 4.28. The Morgan fingerprint density at radius 2 is 2.12 bits per heavy atom. The van der Waals surface area contributed by atoms with Gasteiger partial charge in [-0.25, -0.2) is 0 Å². The van der Waals surface area contributed by atoms with E-state index in [1.165, 1.54) is 11.1 Å². The molecule has 24 heavy (non-hydrogen) atoms. The molecule has 0 fully saturated rings. The van der Waals surface area contributed by atoms with E-state index in [0.717, 1.165) is 37.1 Å². The number of hydrogen-bond donors (Lipinski definition) is 2. The lowest BCUT2D eigenvalue weighted by Gasteiger charge is -2.14. The SMILES string of the molecule is C=CCSCCNC(=NC)NCc1ccccc1Cn1cccn1. The Morgan fingerprint density at radius 3 is 2.83 bits per heavy atom. The average molecular weight is 344 g/mol. The van der Waals surface area contributed by atoms with Gasteiger partial charge in [0.1, 0.15) is 0 Å². The number of benzene rings is 1. The fraction of sp³-hybridized carbons (Fsp3) is 0.333. The van der Waals surface area contributed by atoms with Crippen LogP contribution in [0.5, 0.6) is 0 Å². The number of aliphatic imine (C=N–C) groups is 1. The molecule has 0 amide bonds. The standard InChI is InChI=1S/C18H25N5S/c1-3-12-24-13-10-20-18(19-2)21-14-16-7-4-5-8-17(16)15-23-11-6-9-22-23/h3-9,11H,1,10,12-15H2,2H3,(H2,19,20,21). The monoisotopic (exact) mass is 343 g/mol. The first-order valence-electron chi connectivity index (χ1n) is 8.01. The van der Waals surface area contributed by atoms with Gasteiger partial charge in [-0.05, 0) is 17.2 Å². The van der Waals surface area contributed by atoms with E-state index in [4.69, 9.17) is 0 Å². The van der Waals surface area contributed by atoms with Gasteiger partial charge in [-0.15, -0.1) is 6.58 Å². The second kappa shape index (κ2) is 10.5. The molecule has 2 aromatic rings. The van der Waals surface area contributed by atoms with E-state index >= 15 is 0 Å². The van der Waals surface area contributed by atoms with Crippen molar-refractivity contribution in [2.45, 2.75) is 13.1 Å². The summed E-state index contributed by atoms with van der Waals surface area (Å²) in [7, 11) is 1.79. The van der Waals surface area contributed by atoms with Crippen molar-refractivity contribution in [1.29, 1.82) is 0 Å². The predicted octanol–water partition coefficient (Wildman–Crippen LogP) is 2.52. The van der Waals surface area contributed by atoms with Crippen LogP contribution in [-0.4, -0.2) is 40.8 Å². The molecule has 0 aliphatic heterocycles. The predicted molar refractivity (Wildman–Crippen MR) is 103 cm³/mol. The van der Waals surface area contributed by atoms with Crippen LogP contribution in [0.25, 0.3) is 0 Å². The van der Waals surface area contributed by atoms with Crippen LogP contribution in [0, 0.1) is 0 Å². The summed E-state index contributed by atoms with van der Waals surface area (Å²) in [5.41, 5.74) is 2.50. The minimum absolute atomic E-state index is 0.733. The van der Waals surface area contributed by atoms with Crippen molar-refractivity contribution in [1.82, 2.24) is 20.4 Å². The van der Waals surface area contributed by atoms with E-state index in [-0.39, 0.29) is 0 Å². The number of aromatic nitrogens is 2. The third-order valence-electron chi connectivity index (χ3n) is 3.45. The molecule has 0 spiro atoms. The van der Waals surface area contributed by atoms with E-state index in [0.29, 0.717) is 0 Å². The molecule has 128 valence electrons. The third-order valence-corrected chi connectivity index (χ3v) is 4.42. The topological polar surface area (TPSA) is 54.2 Å². The average Bonchev–Trinajstić information content (AvgIpc) is 3.11. The van der Waals surface area contributed by atoms with Crippen molar-refractivity contribution < 1.29 is 0 Å². The number of rotatable bonds is 9. The Hall–Kier alpha value is -2.21. The number of hydrogen-bond acceptors (Lipinski definition) is 3. The third kappa shape index (κ3) is 6.12. The Morgan fingerprint density at radius 1 is 1.29 bits per heavy atom. The van der Waals surface area contributed by atoms with Crippen molar-refractivity contribution in [3.05, 3.63) is 66.5 Å². The lowest BCUT2D eigenvalue weighted by Crippen LogP contribution is -2.38. The molecule has 0 radical (unpaired) electrons. The maximum absolute atomic E-state index is 4.28. The molecule has 1 aromatic heterocycles.